The summed E-state index contributed by atoms with van der Waals surface area (Å²) in [5.41, 5.74) is 5.46. The zero-order valence-corrected chi connectivity index (χ0v) is 14.5. The molecular weight excluding hydrogens is 313 g/mol. The van der Waals surface area contributed by atoms with E-state index in [1.165, 1.54) is 25.9 Å². The second-order valence-corrected chi connectivity index (χ2v) is 5.46. The maximum absolute atomic E-state index is 5.46. The van der Waals surface area contributed by atoms with E-state index in [0.29, 0.717) is 12.4 Å². The minimum Gasteiger partial charge on any atom is -0.338 e. The third kappa shape index (κ3) is 6.48. The van der Waals surface area contributed by atoms with Crippen molar-refractivity contribution in [2.75, 3.05) is 33.2 Å². The highest BCUT2D eigenvalue weighted by Gasteiger charge is 2.24. The summed E-state index contributed by atoms with van der Waals surface area (Å²) in [5, 5.41) is 3.95. The van der Waals surface area contributed by atoms with Gasteiger partial charge in [0.15, 0.2) is 5.82 Å². The average molecular weight is 340 g/mol. The standard InChI is InChI=1S/C13H25N5O.2ClH/c1-3-5-17(2)8-11-4-6-18(9-11)10-12-15-13(7-14)19-16-12;;/h11H,3-10,14H2,1-2H3;2*1H. The van der Waals surface area contributed by atoms with Crippen LogP contribution in [-0.4, -0.2) is 53.2 Å². The van der Waals surface area contributed by atoms with Crippen LogP contribution in [0.3, 0.4) is 0 Å². The van der Waals surface area contributed by atoms with Crippen molar-refractivity contribution in [3.63, 3.8) is 0 Å². The van der Waals surface area contributed by atoms with Crippen molar-refractivity contribution in [1.29, 1.82) is 0 Å². The van der Waals surface area contributed by atoms with E-state index in [0.717, 1.165) is 31.4 Å². The van der Waals surface area contributed by atoms with E-state index in [4.69, 9.17) is 10.3 Å². The predicted molar refractivity (Wildman–Crippen MR) is 87.9 cm³/mol. The summed E-state index contributed by atoms with van der Waals surface area (Å²) < 4.78 is 5.03. The van der Waals surface area contributed by atoms with E-state index in [-0.39, 0.29) is 24.8 Å². The first-order chi connectivity index (χ1) is 9.21. The smallest absolute Gasteiger partial charge is 0.240 e. The molecule has 0 radical (unpaired) electrons. The second-order valence-electron chi connectivity index (χ2n) is 5.46. The molecule has 2 rings (SSSR count). The molecule has 0 spiro atoms. The Kier molecular flexibility index (Phi) is 10.1. The zero-order chi connectivity index (χ0) is 13.7. The lowest BCUT2D eigenvalue weighted by molar-refractivity contribution is 0.256. The first kappa shape index (κ1) is 20.6. The lowest BCUT2D eigenvalue weighted by atomic mass is 10.1. The highest BCUT2D eigenvalue weighted by molar-refractivity contribution is 5.85. The fourth-order valence-electron chi connectivity index (χ4n) is 2.76. The number of nitrogens with zero attached hydrogens (tertiary/aromatic N) is 4. The van der Waals surface area contributed by atoms with Crippen LogP contribution < -0.4 is 5.73 Å². The Bertz CT molecular complexity index is 390. The van der Waals surface area contributed by atoms with Crippen molar-refractivity contribution in [3.8, 4) is 0 Å². The lowest BCUT2D eigenvalue weighted by Crippen LogP contribution is -2.28. The molecule has 0 saturated carbocycles. The van der Waals surface area contributed by atoms with Crippen LogP contribution in [0, 0.1) is 5.92 Å². The summed E-state index contributed by atoms with van der Waals surface area (Å²) in [5.74, 6) is 2.04. The molecule has 2 heterocycles. The second kappa shape index (κ2) is 10.3. The number of halogens is 2. The molecule has 0 aromatic carbocycles. The highest BCUT2D eigenvalue weighted by Crippen LogP contribution is 2.18. The van der Waals surface area contributed by atoms with Crippen molar-refractivity contribution in [3.05, 3.63) is 11.7 Å². The van der Waals surface area contributed by atoms with Gasteiger partial charge in [-0.1, -0.05) is 12.1 Å². The lowest BCUT2D eigenvalue weighted by Gasteiger charge is -2.20. The first-order valence-corrected chi connectivity index (χ1v) is 7.13. The topological polar surface area (TPSA) is 71.4 Å². The van der Waals surface area contributed by atoms with Gasteiger partial charge >= 0.3 is 0 Å². The van der Waals surface area contributed by atoms with Crippen LogP contribution in [0.5, 0.6) is 0 Å². The van der Waals surface area contributed by atoms with Crippen molar-refractivity contribution < 1.29 is 4.52 Å². The minimum atomic E-state index is 0. The monoisotopic (exact) mass is 339 g/mol. The molecule has 1 fully saturated rings. The van der Waals surface area contributed by atoms with Crippen molar-refractivity contribution in [2.24, 2.45) is 11.7 Å². The molecule has 21 heavy (non-hydrogen) atoms. The summed E-state index contributed by atoms with van der Waals surface area (Å²) in [6.07, 6.45) is 2.48. The molecule has 1 atom stereocenters. The van der Waals surface area contributed by atoms with Crippen LogP contribution in [0.15, 0.2) is 4.52 Å². The predicted octanol–water partition coefficient (Wildman–Crippen LogP) is 1.54. The Morgan fingerprint density at radius 3 is 2.81 bits per heavy atom. The molecule has 1 aromatic rings. The SMILES string of the molecule is CCCN(C)CC1CCN(Cc2noc(CN)n2)C1.Cl.Cl. The Hall–Kier alpha value is -0.400. The maximum atomic E-state index is 5.46. The number of hydrogen-bond acceptors (Lipinski definition) is 6. The number of hydrogen-bond donors (Lipinski definition) is 1. The van der Waals surface area contributed by atoms with Gasteiger partial charge in [0.1, 0.15) is 0 Å². The van der Waals surface area contributed by atoms with Crippen molar-refractivity contribution in [1.82, 2.24) is 19.9 Å². The van der Waals surface area contributed by atoms with Crippen LogP contribution in [0.25, 0.3) is 0 Å². The minimum absolute atomic E-state index is 0. The van der Waals surface area contributed by atoms with Gasteiger partial charge < -0.3 is 15.2 Å². The summed E-state index contributed by atoms with van der Waals surface area (Å²) in [7, 11) is 2.21. The molecule has 1 saturated heterocycles. The van der Waals surface area contributed by atoms with Gasteiger partial charge in [-0.05, 0) is 38.9 Å². The Labute approximate surface area is 139 Å². The quantitative estimate of drug-likeness (QED) is 0.812. The fraction of sp³-hybridized carbons (Fsp3) is 0.846. The van der Waals surface area contributed by atoms with Crippen molar-refractivity contribution >= 4 is 24.8 Å². The van der Waals surface area contributed by atoms with E-state index in [1.807, 2.05) is 0 Å². The van der Waals surface area contributed by atoms with E-state index < -0.39 is 0 Å². The highest BCUT2D eigenvalue weighted by atomic mass is 35.5. The third-order valence-corrected chi connectivity index (χ3v) is 3.59. The molecule has 2 N–H and O–H groups in total. The number of nitrogens with two attached hydrogens (primary N) is 1. The maximum Gasteiger partial charge on any atom is 0.240 e. The normalized spacial score (nSPS) is 18.6. The number of likely N-dealkylation sites (tertiary alicyclic amines) is 1. The summed E-state index contributed by atoms with van der Waals surface area (Å²) in [4.78, 5) is 9.08. The van der Waals surface area contributed by atoms with Gasteiger partial charge in [0.05, 0.1) is 13.1 Å². The number of rotatable bonds is 7. The molecule has 8 heteroatoms. The first-order valence-electron chi connectivity index (χ1n) is 7.13. The average Bonchev–Trinajstić information content (AvgIpc) is 2.99. The van der Waals surface area contributed by atoms with Crippen LogP contribution in [0.1, 0.15) is 31.5 Å². The van der Waals surface area contributed by atoms with Crippen LogP contribution in [-0.2, 0) is 13.1 Å². The molecule has 0 bridgehead atoms. The molecular formula is C13H27Cl2N5O. The van der Waals surface area contributed by atoms with Crippen LogP contribution in [0.2, 0.25) is 0 Å². The fourth-order valence-corrected chi connectivity index (χ4v) is 2.76. The van der Waals surface area contributed by atoms with E-state index in [1.54, 1.807) is 0 Å². The largest absolute Gasteiger partial charge is 0.338 e. The molecule has 1 aliphatic heterocycles. The van der Waals surface area contributed by atoms with Crippen LogP contribution >= 0.6 is 24.8 Å². The van der Waals surface area contributed by atoms with E-state index in [2.05, 4.69) is 33.9 Å². The summed E-state index contributed by atoms with van der Waals surface area (Å²) in [6, 6.07) is 0. The van der Waals surface area contributed by atoms with Gasteiger partial charge in [0, 0.05) is 13.1 Å². The molecule has 6 nitrogen and oxygen atoms in total. The Morgan fingerprint density at radius 1 is 1.43 bits per heavy atom. The molecule has 0 amide bonds. The van der Waals surface area contributed by atoms with Gasteiger partial charge in [0.25, 0.3) is 0 Å². The molecule has 0 aliphatic carbocycles. The molecule has 1 unspecified atom stereocenters. The molecule has 1 aromatic heterocycles. The van der Waals surface area contributed by atoms with Gasteiger partial charge in [-0.2, -0.15) is 4.98 Å². The van der Waals surface area contributed by atoms with Crippen molar-refractivity contribution in [2.45, 2.75) is 32.9 Å². The Balaban J connectivity index is 0.00000200. The van der Waals surface area contributed by atoms with Gasteiger partial charge in [-0.3, -0.25) is 4.90 Å². The van der Waals surface area contributed by atoms with Gasteiger partial charge in [0.2, 0.25) is 5.89 Å². The van der Waals surface area contributed by atoms with Crippen LogP contribution in [0.4, 0.5) is 0 Å². The summed E-state index contributed by atoms with van der Waals surface area (Å²) in [6.45, 7) is 7.93. The molecule has 124 valence electrons. The third-order valence-electron chi connectivity index (χ3n) is 3.59. The van der Waals surface area contributed by atoms with E-state index >= 15 is 0 Å². The molecule has 1 aliphatic rings. The number of aromatic nitrogens is 2. The van der Waals surface area contributed by atoms with Gasteiger partial charge in [-0.25, -0.2) is 0 Å². The summed E-state index contributed by atoms with van der Waals surface area (Å²) >= 11 is 0. The van der Waals surface area contributed by atoms with Gasteiger partial charge in [-0.15, -0.1) is 24.8 Å². The zero-order valence-electron chi connectivity index (χ0n) is 12.8. The Morgan fingerprint density at radius 2 is 2.19 bits per heavy atom. The van der Waals surface area contributed by atoms with E-state index in [9.17, 15) is 0 Å².